The van der Waals surface area contributed by atoms with Crippen LogP contribution in [0, 0.1) is 11.8 Å². The molecule has 5 heteroatoms. The highest BCUT2D eigenvalue weighted by Gasteiger charge is 2.41. The molecule has 1 unspecified atom stereocenters. The second-order valence-electron chi connectivity index (χ2n) is 8.22. The van der Waals surface area contributed by atoms with Crippen molar-refractivity contribution in [1.82, 2.24) is 14.9 Å². The number of amides is 1. The Bertz CT molecular complexity index is 581. The molecule has 1 amide bonds. The molecule has 1 aromatic heterocycles. The monoisotopic (exact) mass is 342 g/mol. The standard InChI is InChI=1S/C20H30N4O/c1-15-5-7-17(8-6-15)24(18-9-10-18)19(25)16-4-2-13-23(14-16)20-21-11-3-12-22-20/h3,11-12,15-18H,2,4-10,13-14H2,1H3. The molecule has 1 aliphatic heterocycles. The lowest BCUT2D eigenvalue weighted by molar-refractivity contribution is -0.139. The van der Waals surface area contributed by atoms with E-state index in [0.717, 1.165) is 37.8 Å². The minimum Gasteiger partial charge on any atom is -0.340 e. The molecule has 1 atom stereocenters. The summed E-state index contributed by atoms with van der Waals surface area (Å²) in [4.78, 5) is 26.7. The summed E-state index contributed by atoms with van der Waals surface area (Å²) in [7, 11) is 0. The van der Waals surface area contributed by atoms with Gasteiger partial charge in [0.2, 0.25) is 11.9 Å². The summed E-state index contributed by atoms with van der Waals surface area (Å²) in [5.74, 6) is 2.11. The maximum atomic E-state index is 13.4. The molecule has 0 aromatic carbocycles. The number of aromatic nitrogens is 2. The highest BCUT2D eigenvalue weighted by molar-refractivity contribution is 5.80. The Kier molecular flexibility index (Phi) is 4.91. The fourth-order valence-corrected chi connectivity index (χ4v) is 4.56. The van der Waals surface area contributed by atoms with Crippen LogP contribution in [0.4, 0.5) is 5.95 Å². The first kappa shape index (κ1) is 16.8. The SMILES string of the molecule is CC1CCC(N(C(=O)C2CCCN(c3ncccn3)C2)C2CC2)CC1. The van der Waals surface area contributed by atoms with Crippen molar-refractivity contribution in [3.63, 3.8) is 0 Å². The Balaban J connectivity index is 1.44. The molecule has 4 rings (SSSR count). The van der Waals surface area contributed by atoms with Gasteiger partial charge in [-0.05, 0) is 63.4 Å². The van der Waals surface area contributed by atoms with Gasteiger partial charge in [-0.2, -0.15) is 0 Å². The van der Waals surface area contributed by atoms with Crippen molar-refractivity contribution < 1.29 is 4.79 Å². The number of hydrogen-bond donors (Lipinski definition) is 0. The Morgan fingerprint density at radius 3 is 2.32 bits per heavy atom. The van der Waals surface area contributed by atoms with E-state index in [2.05, 4.69) is 26.7 Å². The van der Waals surface area contributed by atoms with Crippen molar-refractivity contribution in [2.45, 2.75) is 70.4 Å². The molecule has 0 spiro atoms. The molecule has 25 heavy (non-hydrogen) atoms. The van der Waals surface area contributed by atoms with E-state index in [1.807, 2.05) is 6.07 Å². The van der Waals surface area contributed by atoms with Gasteiger partial charge in [0.1, 0.15) is 0 Å². The van der Waals surface area contributed by atoms with Crippen molar-refractivity contribution in [1.29, 1.82) is 0 Å². The largest absolute Gasteiger partial charge is 0.340 e. The number of nitrogens with zero attached hydrogens (tertiary/aromatic N) is 4. The first-order valence-corrected chi connectivity index (χ1v) is 10.1. The normalized spacial score (nSPS) is 30.1. The number of piperidine rings is 1. The molecule has 3 fully saturated rings. The molecule has 2 heterocycles. The highest BCUT2D eigenvalue weighted by Crippen LogP contribution is 2.37. The van der Waals surface area contributed by atoms with Gasteiger partial charge < -0.3 is 9.80 Å². The molecule has 3 aliphatic rings. The smallest absolute Gasteiger partial charge is 0.227 e. The van der Waals surface area contributed by atoms with Crippen LogP contribution in [0.1, 0.15) is 58.3 Å². The number of anilines is 1. The molecular weight excluding hydrogens is 312 g/mol. The van der Waals surface area contributed by atoms with E-state index in [1.165, 1.54) is 38.5 Å². The van der Waals surface area contributed by atoms with Crippen molar-refractivity contribution in [2.24, 2.45) is 11.8 Å². The van der Waals surface area contributed by atoms with E-state index < -0.39 is 0 Å². The molecular formula is C20H30N4O. The maximum absolute atomic E-state index is 13.4. The van der Waals surface area contributed by atoms with Crippen molar-refractivity contribution in [3.05, 3.63) is 18.5 Å². The predicted octanol–water partition coefficient (Wildman–Crippen LogP) is 3.26. The third-order valence-electron chi connectivity index (χ3n) is 6.18. The van der Waals surface area contributed by atoms with E-state index in [-0.39, 0.29) is 5.92 Å². The molecule has 0 bridgehead atoms. The molecule has 0 radical (unpaired) electrons. The average molecular weight is 342 g/mol. The van der Waals surface area contributed by atoms with Crippen LogP contribution in [0.5, 0.6) is 0 Å². The van der Waals surface area contributed by atoms with E-state index >= 15 is 0 Å². The molecule has 5 nitrogen and oxygen atoms in total. The second-order valence-corrected chi connectivity index (χ2v) is 8.22. The second kappa shape index (κ2) is 7.30. The molecule has 0 N–H and O–H groups in total. The third-order valence-corrected chi connectivity index (χ3v) is 6.18. The minimum atomic E-state index is 0.109. The van der Waals surface area contributed by atoms with Gasteiger partial charge in [-0.15, -0.1) is 0 Å². The van der Waals surface area contributed by atoms with Gasteiger partial charge in [0.05, 0.1) is 5.92 Å². The van der Waals surface area contributed by atoms with Gasteiger partial charge in [0.25, 0.3) is 0 Å². The van der Waals surface area contributed by atoms with Crippen molar-refractivity contribution >= 4 is 11.9 Å². The topological polar surface area (TPSA) is 49.3 Å². The quantitative estimate of drug-likeness (QED) is 0.843. The van der Waals surface area contributed by atoms with Crippen LogP contribution in [-0.2, 0) is 4.79 Å². The van der Waals surface area contributed by atoms with E-state index in [1.54, 1.807) is 12.4 Å². The van der Waals surface area contributed by atoms with E-state index in [0.29, 0.717) is 18.0 Å². The van der Waals surface area contributed by atoms with Crippen LogP contribution in [0.3, 0.4) is 0 Å². The van der Waals surface area contributed by atoms with Crippen LogP contribution in [0.25, 0.3) is 0 Å². The lowest BCUT2D eigenvalue weighted by Crippen LogP contribution is -2.50. The summed E-state index contributed by atoms with van der Waals surface area (Å²) in [6.45, 7) is 4.08. The minimum absolute atomic E-state index is 0.109. The first-order valence-electron chi connectivity index (χ1n) is 10.1. The van der Waals surface area contributed by atoms with Gasteiger partial charge in [-0.3, -0.25) is 4.79 Å². The van der Waals surface area contributed by atoms with Crippen LogP contribution >= 0.6 is 0 Å². The Labute approximate surface area is 150 Å². The van der Waals surface area contributed by atoms with Gasteiger partial charge in [-0.25, -0.2) is 9.97 Å². The van der Waals surface area contributed by atoms with Crippen LogP contribution in [0.2, 0.25) is 0 Å². The Morgan fingerprint density at radius 1 is 1.04 bits per heavy atom. The summed E-state index contributed by atoms with van der Waals surface area (Å²) in [6, 6.07) is 2.85. The van der Waals surface area contributed by atoms with Gasteiger partial charge in [0.15, 0.2) is 0 Å². The molecule has 2 saturated carbocycles. The highest BCUT2D eigenvalue weighted by atomic mass is 16.2. The van der Waals surface area contributed by atoms with Gasteiger partial charge in [0, 0.05) is 37.6 Å². The summed E-state index contributed by atoms with van der Waals surface area (Å²) < 4.78 is 0. The number of rotatable bonds is 4. The molecule has 2 aliphatic carbocycles. The van der Waals surface area contributed by atoms with E-state index in [9.17, 15) is 4.79 Å². The van der Waals surface area contributed by atoms with Gasteiger partial charge >= 0.3 is 0 Å². The summed E-state index contributed by atoms with van der Waals surface area (Å²) >= 11 is 0. The Morgan fingerprint density at radius 2 is 1.68 bits per heavy atom. The summed E-state index contributed by atoms with van der Waals surface area (Å²) in [5, 5.41) is 0. The average Bonchev–Trinajstić information content (AvgIpc) is 3.49. The van der Waals surface area contributed by atoms with Crippen LogP contribution < -0.4 is 4.90 Å². The van der Waals surface area contributed by atoms with Crippen molar-refractivity contribution in [2.75, 3.05) is 18.0 Å². The Hall–Kier alpha value is -1.65. The fourth-order valence-electron chi connectivity index (χ4n) is 4.56. The summed E-state index contributed by atoms with van der Waals surface area (Å²) in [6.07, 6.45) is 13.0. The molecule has 1 aromatic rings. The summed E-state index contributed by atoms with van der Waals surface area (Å²) in [5.41, 5.74) is 0. The zero-order chi connectivity index (χ0) is 17.2. The first-order chi connectivity index (χ1) is 12.2. The van der Waals surface area contributed by atoms with Gasteiger partial charge in [-0.1, -0.05) is 6.92 Å². The number of carbonyl (C=O) groups excluding carboxylic acids is 1. The molecule has 136 valence electrons. The van der Waals surface area contributed by atoms with Crippen LogP contribution in [0.15, 0.2) is 18.5 Å². The van der Waals surface area contributed by atoms with Crippen molar-refractivity contribution in [3.8, 4) is 0 Å². The van der Waals surface area contributed by atoms with E-state index in [4.69, 9.17) is 0 Å². The number of hydrogen-bond acceptors (Lipinski definition) is 4. The molecule has 1 saturated heterocycles. The lowest BCUT2D eigenvalue weighted by atomic mass is 9.85. The lowest BCUT2D eigenvalue weighted by Gasteiger charge is -2.40. The fraction of sp³-hybridized carbons (Fsp3) is 0.750. The van der Waals surface area contributed by atoms with Crippen LogP contribution in [-0.4, -0.2) is 45.9 Å². The third kappa shape index (κ3) is 3.80. The zero-order valence-corrected chi connectivity index (χ0v) is 15.3. The predicted molar refractivity (Wildman–Crippen MR) is 98.3 cm³/mol. The zero-order valence-electron chi connectivity index (χ0n) is 15.3. The maximum Gasteiger partial charge on any atom is 0.227 e. The number of carbonyl (C=O) groups is 1.